The average molecular weight is 233 g/mol. The molecule has 1 atom stereocenters. The average Bonchev–Trinajstić information content (AvgIpc) is 2.39. The number of hydrogen-bond donors (Lipinski definition) is 2. The molecule has 0 aliphatic heterocycles. The van der Waals surface area contributed by atoms with Gasteiger partial charge in [-0.3, -0.25) is 4.98 Å². The van der Waals surface area contributed by atoms with Crippen LogP contribution in [0.3, 0.4) is 0 Å². The normalized spacial score (nSPS) is 12.6. The SMILES string of the molecule is COc1ccc2ncccc2c1C[C@@H](O)CO. The summed E-state index contributed by atoms with van der Waals surface area (Å²) in [5.74, 6) is 0.706. The molecule has 90 valence electrons. The summed E-state index contributed by atoms with van der Waals surface area (Å²) in [5.41, 5.74) is 1.73. The molecule has 2 rings (SSSR count). The first-order valence-electron chi connectivity index (χ1n) is 5.45. The molecule has 4 nitrogen and oxygen atoms in total. The van der Waals surface area contributed by atoms with Crippen molar-refractivity contribution in [3.8, 4) is 5.75 Å². The molecule has 0 radical (unpaired) electrons. The first-order valence-corrected chi connectivity index (χ1v) is 5.45. The fraction of sp³-hybridized carbons (Fsp3) is 0.308. The summed E-state index contributed by atoms with van der Waals surface area (Å²) in [6, 6.07) is 7.48. The molecule has 0 amide bonds. The molecule has 0 spiro atoms. The third-order valence-electron chi connectivity index (χ3n) is 2.72. The van der Waals surface area contributed by atoms with Crippen LogP contribution in [-0.4, -0.2) is 35.0 Å². The van der Waals surface area contributed by atoms with Crippen LogP contribution in [0.25, 0.3) is 10.9 Å². The highest BCUT2D eigenvalue weighted by Gasteiger charge is 2.12. The van der Waals surface area contributed by atoms with Gasteiger partial charge in [-0.25, -0.2) is 0 Å². The smallest absolute Gasteiger partial charge is 0.122 e. The van der Waals surface area contributed by atoms with E-state index in [2.05, 4.69) is 4.98 Å². The maximum Gasteiger partial charge on any atom is 0.122 e. The second-order valence-electron chi connectivity index (χ2n) is 3.86. The molecule has 0 saturated heterocycles. The van der Waals surface area contributed by atoms with Gasteiger partial charge in [-0.05, 0) is 18.2 Å². The van der Waals surface area contributed by atoms with Gasteiger partial charge < -0.3 is 14.9 Å². The molecule has 0 fully saturated rings. The summed E-state index contributed by atoms with van der Waals surface area (Å²) in [6.07, 6.45) is 1.29. The van der Waals surface area contributed by atoms with Gasteiger partial charge in [0.25, 0.3) is 0 Å². The third kappa shape index (κ3) is 2.38. The van der Waals surface area contributed by atoms with E-state index in [-0.39, 0.29) is 6.61 Å². The van der Waals surface area contributed by atoms with Crippen molar-refractivity contribution >= 4 is 10.9 Å². The Labute approximate surface area is 99.5 Å². The van der Waals surface area contributed by atoms with Crippen molar-refractivity contribution < 1.29 is 14.9 Å². The number of aromatic nitrogens is 1. The first-order chi connectivity index (χ1) is 8.26. The molecule has 1 aromatic heterocycles. The van der Waals surface area contributed by atoms with Crippen LogP contribution in [0.15, 0.2) is 30.5 Å². The van der Waals surface area contributed by atoms with E-state index >= 15 is 0 Å². The highest BCUT2D eigenvalue weighted by atomic mass is 16.5. The Morgan fingerprint density at radius 1 is 1.35 bits per heavy atom. The molecule has 0 unspecified atom stereocenters. The molecule has 1 heterocycles. The lowest BCUT2D eigenvalue weighted by atomic mass is 10.0. The van der Waals surface area contributed by atoms with Gasteiger partial charge in [0, 0.05) is 23.6 Å². The summed E-state index contributed by atoms with van der Waals surface area (Å²) >= 11 is 0. The predicted molar refractivity (Wildman–Crippen MR) is 65.1 cm³/mol. The molecule has 0 bridgehead atoms. The highest BCUT2D eigenvalue weighted by molar-refractivity contribution is 5.84. The quantitative estimate of drug-likeness (QED) is 0.831. The topological polar surface area (TPSA) is 62.6 Å². The van der Waals surface area contributed by atoms with Gasteiger partial charge in [-0.15, -0.1) is 0 Å². The highest BCUT2D eigenvalue weighted by Crippen LogP contribution is 2.27. The Morgan fingerprint density at radius 2 is 2.18 bits per heavy atom. The Balaban J connectivity index is 2.54. The third-order valence-corrected chi connectivity index (χ3v) is 2.72. The minimum atomic E-state index is -0.783. The molecular formula is C13H15NO3. The lowest BCUT2D eigenvalue weighted by molar-refractivity contribution is 0.0952. The summed E-state index contributed by atoms with van der Waals surface area (Å²) < 4.78 is 5.28. The van der Waals surface area contributed by atoms with E-state index < -0.39 is 6.10 Å². The van der Waals surface area contributed by atoms with E-state index in [0.717, 1.165) is 16.5 Å². The van der Waals surface area contributed by atoms with Crippen LogP contribution in [0.1, 0.15) is 5.56 Å². The molecule has 0 saturated carbocycles. The molecule has 0 aliphatic rings. The van der Waals surface area contributed by atoms with Gasteiger partial charge in [0.2, 0.25) is 0 Å². The van der Waals surface area contributed by atoms with Crippen molar-refractivity contribution in [3.63, 3.8) is 0 Å². The zero-order valence-electron chi connectivity index (χ0n) is 9.63. The minimum Gasteiger partial charge on any atom is -0.496 e. The fourth-order valence-corrected chi connectivity index (χ4v) is 1.90. The molecule has 2 aromatic rings. The van der Waals surface area contributed by atoms with Crippen LogP contribution < -0.4 is 4.74 Å². The van der Waals surface area contributed by atoms with Crippen molar-refractivity contribution in [2.45, 2.75) is 12.5 Å². The van der Waals surface area contributed by atoms with Crippen LogP contribution in [0, 0.1) is 0 Å². The van der Waals surface area contributed by atoms with Gasteiger partial charge >= 0.3 is 0 Å². The van der Waals surface area contributed by atoms with Crippen LogP contribution in [0.2, 0.25) is 0 Å². The molecule has 0 aliphatic carbocycles. The number of rotatable bonds is 4. The van der Waals surface area contributed by atoms with E-state index in [1.165, 1.54) is 0 Å². The lowest BCUT2D eigenvalue weighted by Gasteiger charge is -2.13. The van der Waals surface area contributed by atoms with Gasteiger partial charge in [-0.1, -0.05) is 6.07 Å². The number of hydrogen-bond acceptors (Lipinski definition) is 4. The fourth-order valence-electron chi connectivity index (χ4n) is 1.90. The number of aliphatic hydroxyl groups excluding tert-OH is 2. The largest absolute Gasteiger partial charge is 0.496 e. The monoisotopic (exact) mass is 233 g/mol. The van der Waals surface area contributed by atoms with Crippen LogP contribution in [-0.2, 0) is 6.42 Å². The van der Waals surface area contributed by atoms with Crippen molar-refractivity contribution in [2.24, 2.45) is 0 Å². The molecular weight excluding hydrogens is 218 g/mol. The van der Waals surface area contributed by atoms with E-state index in [1.54, 1.807) is 13.3 Å². The second-order valence-corrected chi connectivity index (χ2v) is 3.86. The van der Waals surface area contributed by atoms with Crippen molar-refractivity contribution in [1.82, 2.24) is 4.98 Å². The standard InChI is InChI=1S/C13H15NO3/c1-17-13-5-4-12-10(3-2-6-14-12)11(13)7-9(16)8-15/h2-6,9,15-16H,7-8H2,1H3/t9-/m1/s1. The number of pyridine rings is 1. The van der Waals surface area contributed by atoms with E-state index in [4.69, 9.17) is 9.84 Å². The number of aliphatic hydroxyl groups is 2. The summed E-state index contributed by atoms with van der Waals surface area (Å²) in [5, 5.41) is 19.4. The van der Waals surface area contributed by atoms with E-state index in [9.17, 15) is 5.11 Å². The van der Waals surface area contributed by atoms with E-state index in [0.29, 0.717) is 12.2 Å². The predicted octanol–water partition coefficient (Wildman–Crippen LogP) is 1.14. The zero-order chi connectivity index (χ0) is 12.3. The van der Waals surface area contributed by atoms with Crippen molar-refractivity contribution in [3.05, 3.63) is 36.0 Å². The van der Waals surface area contributed by atoms with Crippen molar-refractivity contribution in [1.29, 1.82) is 0 Å². The van der Waals surface area contributed by atoms with Gasteiger partial charge in [0.05, 0.1) is 25.3 Å². The molecule has 17 heavy (non-hydrogen) atoms. The first kappa shape index (κ1) is 11.8. The summed E-state index contributed by atoms with van der Waals surface area (Å²) in [6.45, 7) is -0.264. The zero-order valence-corrected chi connectivity index (χ0v) is 9.63. The summed E-state index contributed by atoms with van der Waals surface area (Å²) in [4.78, 5) is 4.25. The van der Waals surface area contributed by atoms with Crippen LogP contribution in [0.4, 0.5) is 0 Å². The molecule has 1 aromatic carbocycles. The second kappa shape index (κ2) is 5.12. The Hall–Kier alpha value is -1.65. The molecule has 2 N–H and O–H groups in total. The number of fused-ring (bicyclic) bond motifs is 1. The maximum absolute atomic E-state index is 9.56. The van der Waals surface area contributed by atoms with Gasteiger partial charge in [0.15, 0.2) is 0 Å². The Bertz CT molecular complexity index is 513. The minimum absolute atomic E-state index is 0.264. The Morgan fingerprint density at radius 3 is 2.88 bits per heavy atom. The number of ether oxygens (including phenoxy) is 1. The van der Waals surface area contributed by atoms with Gasteiger partial charge in [0.1, 0.15) is 5.75 Å². The van der Waals surface area contributed by atoms with Crippen LogP contribution >= 0.6 is 0 Å². The number of nitrogens with zero attached hydrogens (tertiary/aromatic N) is 1. The summed E-state index contributed by atoms with van der Waals surface area (Å²) in [7, 11) is 1.59. The number of benzene rings is 1. The van der Waals surface area contributed by atoms with Crippen LogP contribution in [0.5, 0.6) is 5.75 Å². The Kier molecular flexibility index (Phi) is 3.56. The van der Waals surface area contributed by atoms with Gasteiger partial charge in [-0.2, -0.15) is 0 Å². The molecule has 4 heteroatoms. The maximum atomic E-state index is 9.56. The van der Waals surface area contributed by atoms with E-state index in [1.807, 2.05) is 24.3 Å². The number of methoxy groups -OCH3 is 1. The lowest BCUT2D eigenvalue weighted by Crippen LogP contribution is -2.16. The van der Waals surface area contributed by atoms with Crippen molar-refractivity contribution in [2.75, 3.05) is 13.7 Å².